The highest BCUT2D eigenvalue weighted by Gasteiger charge is 2.21. The topological polar surface area (TPSA) is 58.2 Å². The van der Waals surface area contributed by atoms with Crippen LogP contribution in [0, 0.1) is 0 Å². The van der Waals surface area contributed by atoms with E-state index in [1.165, 1.54) is 0 Å². The number of amides is 1. The molecule has 1 aliphatic heterocycles. The van der Waals surface area contributed by atoms with Crippen molar-refractivity contribution in [1.29, 1.82) is 0 Å². The predicted molar refractivity (Wildman–Crippen MR) is 66.8 cm³/mol. The van der Waals surface area contributed by atoms with Gasteiger partial charge in [0, 0.05) is 28.9 Å². The van der Waals surface area contributed by atoms with E-state index in [-0.39, 0.29) is 18.0 Å². The maximum Gasteiger partial charge on any atom is 0.237 e. The summed E-state index contributed by atoms with van der Waals surface area (Å²) >= 11 is 0. The molecule has 0 radical (unpaired) electrons. The van der Waals surface area contributed by atoms with Crippen molar-refractivity contribution < 1.29 is 9.00 Å². The number of rotatable bonds is 5. The molecule has 0 spiro atoms. The Bertz CT molecular complexity index is 252. The zero-order valence-electron chi connectivity index (χ0n) is 10.1. The lowest BCUT2D eigenvalue weighted by Gasteiger charge is -2.24. The molecular formula is C11H22N2O2S. The monoisotopic (exact) mass is 246 g/mol. The van der Waals surface area contributed by atoms with Crippen molar-refractivity contribution in [2.75, 3.05) is 18.6 Å². The highest BCUT2D eigenvalue weighted by Crippen LogP contribution is 2.07. The van der Waals surface area contributed by atoms with E-state index in [2.05, 4.69) is 10.6 Å². The summed E-state index contributed by atoms with van der Waals surface area (Å²) in [6, 6.07) is 0.0865. The van der Waals surface area contributed by atoms with Crippen LogP contribution in [0.4, 0.5) is 0 Å². The van der Waals surface area contributed by atoms with Crippen molar-refractivity contribution in [3.63, 3.8) is 0 Å². The van der Waals surface area contributed by atoms with E-state index in [1.807, 2.05) is 6.92 Å². The van der Waals surface area contributed by atoms with Gasteiger partial charge < -0.3 is 10.6 Å². The third kappa shape index (κ3) is 5.07. The number of hydrogen-bond donors (Lipinski definition) is 2. The number of carbonyl (C=O) groups excluding carboxylic acids is 1. The van der Waals surface area contributed by atoms with Gasteiger partial charge in [0.05, 0.1) is 6.04 Å². The maximum atomic E-state index is 11.8. The summed E-state index contributed by atoms with van der Waals surface area (Å²) in [5, 5.41) is 6.19. The van der Waals surface area contributed by atoms with Gasteiger partial charge in [-0.05, 0) is 32.7 Å². The molecule has 0 aromatic heterocycles. The van der Waals surface area contributed by atoms with Crippen LogP contribution in [0.5, 0.6) is 0 Å². The second-order valence-corrected chi connectivity index (χ2v) is 6.03. The van der Waals surface area contributed by atoms with Crippen LogP contribution in [-0.4, -0.2) is 40.8 Å². The van der Waals surface area contributed by atoms with Crippen LogP contribution in [0.1, 0.15) is 32.6 Å². The first-order valence-corrected chi connectivity index (χ1v) is 7.66. The lowest BCUT2D eigenvalue weighted by Crippen LogP contribution is -2.49. The molecule has 0 aromatic rings. The van der Waals surface area contributed by atoms with E-state index >= 15 is 0 Å². The van der Waals surface area contributed by atoms with Gasteiger partial charge >= 0.3 is 0 Å². The molecule has 0 aliphatic carbocycles. The fourth-order valence-corrected chi connectivity index (χ4v) is 2.52. The molecule has 1 amide bonds. The zero-order chi connectivity index (χ0) is 12.0. The summed E-state index contributed by atoms with van der Waals surface area (Å²) in [4.78, 5) is 11.8. The number of nitrogens with one attached hydrogen (secondary N) is 2. The van der Waals surface area contributed by atoms with Crippen LogP contribution in [-0.2, 0) is 15.6 Å². The van der Waals surface area contributed by atoms with Crippen molar-refractivity contribution in [2.45, 2.75) is 44.7 Å². The Morgan fingerprint density at radius 1 is 1.56 bits per heavy atom. The van der Waals surface area contributed by atoms with Crippen molar-refractivity contribution in [3.8, 4) is 0 Å². The minimum Gasteiger partial charge on any atom is -0.352 e. The first-order chi connectivity index (χ1) is 7.59. The first-order valence-electron chi connectivity index (χ1n) is 5.93. The van der Waals surface area contributed by atoms with E-state index in [0.29, 0.717) is 5.75 Å². The molecule has 5 heteroatoms. The van der Waals surface area contributed by atoms with Crippen LogP contribution in [0.3, 0.4) is 0 Å². The SMILES string of the molecule is CC(CCS(C)=O)NC(=O)C1CCCCN1. The molecule has 1 saturated heterocycles. The Balaban J connectivity index is 2.23. The fourth-order valence-electron chi connectivity index (χ4n) is 1.83. The molecular weight excluding hydrogens is 224 g/mol. The highest BCUT2D eigenvalue weighted by molar-refractivity contribution is 7.84. The third-order valence-electron chi connectivity index (χ3n) is 2.85. The van der Waals surface area contributed by atoms with Gasteiger partial charge in [-0.3, -0.25) is 9.00 Å². The number of carbonyl (C=O) groups is 1. The molecule has 1 heterocycles. The van der Waals surface area contributed by atoms with Crippen molar-refractivity contribution in [2.24, 2.45) is 0 Å². The number of piperidine rings is 1. The summed E-state index contributed by atoms with van der Waals surface area (Å²) in [7, 11) is -0.773. The molecule has 2 N–H and O–H groups in total. The molecule has 0 bridgehead atoms. The van der Waals surface area contributed by atoms with Gasteiger partial charge in [-0.1, -0.05) is 6.42 Å². The Morgan fingerprint density at radius 2 is 2.31 bits per heavy atom. The summed E-state index contributed by atoms with van der Waals surface area (Å²) in [5.41, 5.74) is 0. The van der Waals surface area contributed by atoms with Gasteiger partial charge in [0.2, 0.25) is 5.91 Å². The first kappa shape index (κ1) is 13.6. The minimum absolute atomic E-state index is 0.0247. The van der Waals surface area contributed by atoms with Gasteiger partial charge in [0.25, 0.3) is 0 Å². The average molecular weight is 246 g/mol. The van der Waals surface area contributed by atoms with E-state index in [4.69, 9.17) is 0 Å². The highest BCUT2D eigenvalue weighted by atomic mass is 32.2. The summed E-state index contributed by atoms with van der Waals surface area (Å²) in [5.74, 6) is 0.744. The van der Waals surface area contributed by atoms with Crippen LogP contribution in [0.25, 0.3) is 0 Å². The Hall–Kier alpha value is -0.420. The van der Waals surface area contributed by atoms with Gasteiger partial charge in [-0.15, -0.1) is 0 Å². The van der Waals surface area contributed by atoms with E-state index in [9.17, 15) is 9.00 Å². The van der Waals surface area contributed by atoms with Crippen molar-refractivity contribution >= 4 is 16.7 Å². The minimum atomic E-state index is -0.773. The van der Waals surface area contributed by atoms with Crippen LogP contribution in [0.2, 0.25) is 0 Å². The lowest BCUT2D eigenvalue weighted by atomic mass is 10.0. The molecule has 16 heavy (non-hydrogen) atoms. The van der Waals surface area contributed by atoms with Gasteiger partial charge in [0.1, 0.15) is 0 Å². The predicted octanol–water partition coefficient (Wildman–Crippen LogP) is 0.402. The Labute approximate surface area is 100 Å². The molecule has 3 atom stereocenters. The second-order valence-electron chi connectivity index (χ2n) is 4.48. The molecule has 4 nitrogen and oxygen atoms in total. The molecule has 1 aliphatic rings. The maximum absolute atomic E-state index is 11.8. The van der Waals surface area contributed by atoms with Gasteiger partial charge in [0.15, 0.2) is 0 Å². The Morgan fingerprint density at radius 3 is 2.88 bits per heavy atom. The average Bonchev–Trinajstić information content (AvgIpc) is 2.27. The van der Waals surface area contributed by atoms with Gasteiger partial charge in [-0.25, -0.2) is 0 Å². The van der Waals surface area contributed by atoms with E-state index < -0.39 is 10.8 Å². The lowest BCUT2D eigenvalue weighted by molar-refractivity contribution is -0.124. The molecule has 1 rings (SSSR count). The van der Waals surface area contributed by atoms with Crippen LogP contribution in [0.15, 0.2) is 0 Å². The summed E-state index contributed by atoms with van der Waals surface area (Å²) in [6.07, 6.45) is 5.68. The van der Waals surface area contributed by atoms with E-state index in [0.717, 1.165) is 32.2 Å². The molecule has 0 saturated carbocycles. The Kier molecular flexibility index (Phi) is 5.98. The van der Waals surface area contributed by atoms with Crippen LogP contribution >= 0.6 is 0 Å². The van der Waals surface area contributed by atoms with Crippen molar-refractivity contribution in [1.82, 2.24) is 10.6 Å². The van der Waals surface area contributed by atoms with Crippen LogP contribution < -0.4 is 10.6 Å². The summed E-state index contributed by atoms with van der Waals surface area (Å²) in [6.45, 7) is 2.90. The number of hydrogen-bond acceptors (Lipinski definition) is 3. The second kappa shape index (κ2) is 7.01. The fraction of sp³-hybridized carbons (Fsp3) is 0.909. The largest absolute Gasteiger partial charge is 0.352 e. The quantitative estimate of drug-likeness (QED) is 0.738. The zero-order valence-corrected chi connectivity index (χ0v) is 10.9. The standard InChI is InChI=1S/C11H22N2O2S/c1-9(6-8-16(2)15)13-11(14)10-5-3-4-7-12-10/h9-10,12H,3-8H2,1-2H3,(H,13,14). The smallest absolute Gasteiger partial charge is 0.237 e. The van der Waals surface area contributed by atoms with E-state index in [1.54, 1.807) is 6.26 Å². The molecule has 94 valence electrons. The molecule has 3 unspecified atom stereocenters. The normalized spacial score (nSPS) is 24.8. The van der Waals surface area contributed by atoms with Gasteiger partial charge in [-0.2, -0.15) is 0 Å². The third-order valence-corrected chi connectivity index (χ3v) is 3.66. The molecule has 0 aromatic carbocycles. The molecule has 1 fully saturated rings. The summed E-state index contributed by atoms with van der Waals surface area (Å²) < 4.78 is 10.9. The van der Waals surface area contributed by atoms with Crippen molar-refractivity contribution in [3.05, 3.63) is 0 Å².